The summed E-state index contributed by atoms with van der Waals surface area (Å²) in [6.07, 6.45) is -3.82. The monoisotopic (exact) mass is 461 g/mol. The molecule has 0 aliphatic rings. The van der Waals surface area contributed by atoms with Crippen LogP contribution in [0.3, 0.4) is 0 Å². The Kier molecular flexibility index (Phi) is 11.6. The number of rotatable bonds is 8. The number of methoxy groups -OCH3 is 1. The quantitative estimate of drug-likeness (QED) is 0.271. The Labute approximate surface area is 157 Å². The molecule has 9 heteroatoms. The lowest BCUT2D eigenvalue weighted by atomic mass is 10.2. The van der Waals surface area contributed by atoms with Crippen LogP contribution in [-0.2, 0) is 11.3 Å². The molecule has 0 unspecified atom stereocenters. The van der Waals surface area contributed by atoms with Crippen LogP contribution < -0.4 is 15.4 Å². The topological polar surface area (TPSA) is 54.9 Å². The van der Waals surface area contributed by atoms with Gasteiger partial charge in [0.1, 0.15) is 12.4 Å². The van der Waals surface area contributed by atoms with Crippen LogP contribution in [-0.4, -0.2) is 46.1 Å². The molecule has 0 heterocycles. The Bertz CT molecular complexity index is 499. The number of nitrogens with one attached hydrogen (secondary N) is 2. The van der Waals surface area contributed by atoms with Crippen LogP contribution in [0.5, 0.6) is 5.75 Å². The first-order chi connectivity index (χ1) is 10.9. The number of halogens is 4. The fourth-order valence-corrected chi connectivity index (χ4v) is 1.76. The van der Waals surface area contributed by atoms with E-state index in [1.165, 1.54) is 0 Å². The van der Waals surface area contributed by atoms with Crippen LogP contribution in [0.2, 0.25) is 0 Å². The summed E-state index contributed by atoms with van der Waals surface area (Å²) >= 11 is 0. The van der Waals surface area contributed by atoms with Crippen molar-refractivity contribution in [1.82, 2.24) is 10.6 Å². The van der Waals surface area contributed by atoms with Crippen molar-refractivity contribution in [1.29, 1.82) is 0 Å². The first kappa shape index (κ1) is 22.8. The highest BCUT2D eigenvalue weighted by Crippen LogP contribution is 2.14. The van der Waals surface area contributed by atoms with Crippen LogP contribution >= 0.6 is 24.0 Å². The van der Waals surface area contributed by atoms with Gasteiger partial charge in [-0.3, -0.25) is 4.99 Å². The molecule has 0 saturated heterocycles. The number of guanidine groups is 1. The van der Waals surface area contributed by atoms with E-state index in [2.05, 4.69) is 20.4 Å². The second-order valence-corrected chi connectivity index (χ2v) is 4.73. The predicted molar refractivity (Wildman–Crippen MR) is 98.1 cm³/mol. The highest BCUT2D eigenvalue weighted by atomic mass is 127. The Hall–Kier alpha value is -1.23. The van der Waals surface area contributed by atoms with Gasteiger partial charge in [-0.15, -0.1) is 24.0 Å². The van der Waals surface area contributed by atoms with Gasteiger partial charge in [-0.05, 0) is 24.1 Å². The average molecular weight is 461 g/mol. The number of ether oxygens (including phenoxy) is 2. The zero-order valence-electron chi connectivity index (χ0n) is 13.7. The third kappa shape index (κ3) is 10.5. The molecule has 1 aromatic carbocycles. The molecule has 0 spiro atoms. The van der Waals surface area contributed by atoms with E-state index < -0.39 is 12.8 Å². The summed E-state index contributed by atoms with van der Waals surface area (Å²) < 4.78 is 45.3. The molecule has 24 heavy (non-hydrogen) atoms. The molecule has 5 nitrogen and oxygen atoms in total. The highest BCUT2D eigenvalue weighted by molar-refractivity contribution is 14.0. The lowest BCUT2D eigenvalue weighted by molar-refractivity contribution is -0.173. The molecule has 138 valence electrons. The Morgan fingerprint density at radius 2 is 2.00 bits per heavy atom. The molecule has 1 rings (SSSR count). The Morgan fingerprint density at radius 1 is 1.25 bits per heavy atom. The number of nitrogens with zero attached hydrogens (tertiary/aromatic N) is 1. The zero-order chi connectivity index (χ0) is 17.1. The van der Waals surface area contributed by atoms with Crippen LogP contribution in [0, 0.1) is 0 Å². The number of hydrogen-bond donors (Lipinski definition) is 2. The average Bonchev–Trinajstić information content (AvgIpc) is 2.52. The molecule has 0 radical (unpaired) electrons. The molecule has 0 amide bonds. The number of benzene rings is 1. The Balaban J connectivity index is 0.00000529. The third-order valence-electron chi connectivity index (χ3n) is 2.84. The van der Waals surface area contributed by atoms with Gasteiger partial charge >= 0.3 is 6.18 Å². The number of aliphatic imine (C=N–C) groups is 1. The van der Waals surface area contributed by atoms with Gasteiger partial charge in [0, 0.05) is 26.7 Å². The predicted octanol–water partition coefficient (Wildman–Crippen LogP) is 2.95. The SMILES string of the molecule is CN=C(NCCCOCC(F)(F)F)NCc1cccc(OC)c1.I. The molecule has 2 N–H and O–H groups in total. The van der Waals surface area contributed by atoms with Gasteiger partial charge < -0.3 is 20.1 Å². The first-order valence-electron chi connectivity index (χ1n) is 7.16. The first-order valence-corrected chi connectivity index (χ1v) is 7.16. The molecule has 1 aromatic rings. The van der Waals surface area contributed by atoms with E-state index in [-0.39, 0.29) is 30.6 Å². The lowest BCUT2D eigenvalue weighted by Gasteiger charge is -2.13. The van der Waals surface area contributed by atoms with Crippen molar-refractivity contribution in [3.8, 4) is 5.75 Å². The largest absolute Gasteiger partial charge is 0.497 e. The summed E-state index contributed by atoms with van der Waals surface area (Å²) in [5.74, 6) is 1.35. The molecular weight excluding hydrogens is 438 g/mol. The van der Waals surface area contributed by atoms with Crippen LogP contribution in [0.4, 0.5) is 13.2 Å². The van der Waals surface area contributed by atoms with Crippen molar-refractivity contribution < 1.29 is 22.6 Å². The van der Waals surface area contributed by atoms with Crippen molar-refractivity contribution in [2.45, 2.75) is 19.1 Å². The molecule has 0 aliphatic heterocycles. The molecule has 0 atom stereocenters. The van der Waals surface area contributed by atoms with Crippen LogP contribution in [0.15, 0.2) is 29.3 Å². The summed E-state index contributed by atoms with van der Waals surface area (Å²) in [7, 11) is 3.23. The minimum atomic E-state index is -4.28. The van der Waals surface area contributed by atoms with Gasteiger partial charge in [0.05, 0.1) is 7.11 Å². The van der Waals surface area contributed by atoms with Gasteiger partial charge in [0.15, 0.2) is 5.96 Å². The molecule has 0 fully saturated rings. The van der Waals surface area contributed by atoms with Crippen LogP contribution in [0.25, 0.3) is 0 Å². The van der Waals surface area contributed by atoms with E-state index in [1.54, 1.807) is 14.2 Å². The molecule has 0 aliphatic carbocycles. The van der Waals surface area contributed by atoms with E-state index in [1.807, 2.05) is 24.3 Å². The Morgan fingerprint density at radius 3 is 2.62 bits per heavy atom. The molecule has 0 aromatic heterocycles. The number of hydrogen-bond acceptors (Lipinski definition) is 3. The van der Waals surface area contributed by atoms with Crippen molar-refractivity contribution >= 4 is 29.9 Å². The van der Waals surface area contributed by atoms with Crippen molar-refractivity contribution in [2.75, 3.05) is 33.9 Å². The fraction of sp³-hybridized carbons (Fsp3) is 0.533. The summed E-state index contributed by atoms with van der Waals surface area (Å²) in [5, 5.41) is 6.13. The van der Waals surface area contributed by atoms with E-state index in [9.17, 15) is 13.2 Å². The number of alkyl halides is 3. The van der Waals surface area contributed by atoms with E-state index in [4.69, 9.17) is 4.74 Å². The van der Waals surface area contributed by atoms with Gasteiger partial charge in [-0.1, -0.05) is 12.1 Å². The lowest BCUT2D eigenvalue weighted by Crippen LogP contribution is -2.37. The van der Waals surface area contributed by atoms with Gasteiger partial charge in [-0.25, -0.2) is 0 Å². The fourth-order valence-electron chi connectivity index (χ4n) is 1.76. The standard InChI is InChI=1S/C15H22F3N3O2.HI/c1-19-14(20-7-4-8-23-11-15(16,17)18)21-10-12-5-3-6-13(9-12)22-2;/h3,5-6,9H,4,7-8,10-11H2,1-2H3,(H2,19,20,21);1H. The summed E-state index contributed by atoms with van der Waals surface area (Å²) in [6.45, 7) is -0.147. The van der Waals surface area contributed by atoms with E-state index in [0.29, 0.717) is 25.5 Å². The van der Waals surface area contributed by atoms with Gasteiger partial charge in [0.25, 0.3) is 0 Å². The molecule has 0 bridgehead atoms. The van der Waals surface area contributed by atoms with E-state index in [0.717, 1.165) is 11.3 Å². The van der Waals surface area contributed by atoms with Crippen molar-refractivity contribution in [2.24, 2.45) is 4.99 Å². The maximum Gasteiger partial charge on any atom is 0.411 e. The van der Waals surface area contributed by atoms with Crippen molar-refractivity contribution in [3.63, 3.8) is 0 Å². The van der Waals surface area contributed by atoms with Crippen LogP contribution in [0.1, 0.15) is 12.0 Å². The summed E-state index contributed by atoms with van der Waals surface area (Å²) in [5.41, 5.74) is 1.03. The zero-order valence-corrected chi connectivity index (χ0v) is 16.0. The minimum Gasteiger partial charge on any atom is -0.497 e. The maximum absolute atomic E-state index is 11.9. The second kappa shape index (κ2) is 12.2. The van der Waals surface area contributed by atoms with Gasteiger partial charge in [0.2, 0.25) is 0 Å². The summed E-state index contributed by atoms with van der Waals surface area (Å²) in [6, 6.07) is 7.61. The maximum atomic E-state index is 11.9. The molecule has 0 saturated carbocycles. The smallest absolute Gasteiger partial charge is 0.411 e. The van der Waals surface area contributed by atoms with Gasteiger partial charge in [-0.2, -0.15) is 13.2 Å². The third-order valence-corrected chi connectivity index (χ3v) is 2.84. The minimum absolute atomic E-state index is 0. The molecular formula is C15H23F3IN3O2. The summed E-state index contributed by atoms with van der Waals surface area (Å²) in [4.78, 5) is 4.05. The van der Waals surface area contributed by atoms with Crippen molar-refractivity contribution in [3.05, 3.63) is 29.8 Å². The second-order valence-electron chi connectivity index (χ2n) is 4.73. The normalized spacial score (nSPS) is 11.6. The van der Waals surface area contributed by atoms with E-state index >= 15 is 0 Å². The highest BCUT2D eigenvalue weighted by Gasteiger charge is 2.27.